The highest BCUT2D eigenvalue weighted by atomic mass is 127. The molecule has 0 unspecified atom stereocenters. The second-order valence-electron chi connectivity index (χ2n) is 5.09. The highest BCUT2D eigenvalue weighted by Crippen LogP contribution is 2.07. The Kier molecular flexibility index (Phi) is 10.2. The van der Waals surface area contributed by atoms with Gasteiger partial charge in [-0.15, -0.1) is 35.3 Å². The number of aryl methyl sites for hydroxylation is 1. The minimum absolute atomic E-state index is 0. The number of aliphatic imine (C=N–C) groups is 1. The molecule has 7 nitrogen and oxygen atoms in total. The van der Waals surface area contributed by atoms with E-state index < -0.39 is 0 Å². The lowest BCUT2D eigenvalue weighted by molar-refractivity contribution is -0.119. The second kappa shape index (κ2) is 11.9. The van der Waals surface area contributed by atoms with E-state index in [1.807, 2.05) is 19.9 Å². The van der Waals surface area contributed by atoms with Crippen LogP contribution in [0.2, 0.25) is 0 Å². The Hall–Kier alpha value is -1.62. The van der Waals surface area contributed by atoms with Gasteiger partial charge in [-0.2, -0.15) is 0 Å². The number of amides is 1. The highest BCUT2D eigenvalue weighted by molar-refractivity contribution is 14.0. The first-order valence-electron chi connectivity index (χ1n) is 7.89. The van der Waals surface area contributed by atoms with E-state index in [0.29, 0.717) is 19.0 Å². The molecule has 0 saturated heterocycles. The Morgan fingerprint density at radius 3 is 2.84 bits per heavy atom. The van der Waals surface area contributed by atoms with Crippen LogP contribution in [0.3, 0.4) is 0 Å². The molecule has 9 heteroatoms. The number of aromatic nitrogens is 1. The van der Waals surface area contributed by atoms with Crippen LogP contribution in [-0.2, 0) is 17.8 Å². The smallest absolute Gasteiger partial charge is 0.242 e. The third kappa shape index (κ3) is 8.34. The average Bonchev–Trinajstić information content (AvgIpc) is 3.22. The third-order valence-corrected chi connectivity index (χ3v) is 3.93. The molecule has 0 spiro atoms. The number of hydrogen-bond donors (Lipinski definition) is 3. The molecule has 0 aliphatic carbocycles. The van der Waals surface area contributed by atoms with Crippen molar-refractivity contribution in [3.8, 4) is 0 Å². The zero-order valence-electron chi connectivity index (χ0n) is 14.4. The fourth-order valence-corrected chi connectivity index (χ4v) is 2.63. The van der Waals surface area contributed by atoms with Crippen molar-refractivity contribution in [2.45, 2.75) is 26.8 Å². The van der Waals surface area contributed by atoms with Gasteiger partial charge >= 0.3 is 0 Å². The number of nitrogens with one attached hydrogen (secondary N) is 3. The van der Waals surface area contributed by atoms with Crippen molar-refractivity contribution in [2.75, 3.05) is 19.6 Å². The summed E-state index contributed by atoms with van der Waals surface area (Å²) in [4.78, 5) is 20.5. The van der Waals surface area contributed by atoms with E-state index in [1.165, 1.54) is 0 Å². The lowest BCUT2D eigenvalue weighted by atomic mass is 10.3. The molecule has 2 aromatic heterocycles. The van der Waals surface area contributed by atoms with Gasteiger partial charge in [0.05, 0.1) is 23.5 Å². The van der Waals surface area contributed by atoms with Crippen LogP contribution in [0.4, 0.5) is 0 Å². The minimum Gasteiger partial charge on any atom is -0.467 e. The van der Waals surface area contributed by atoms with Crippen molar-refractivity contribution >= 4 is 47.2 Å². The number of nitrogens with zero attached hydrogens (tertiary/aromatic N) is 2. The fraction of sp³-hybridized carbons (Fsp3) is 0.438. The predicted molar refractivity (Wildman–Crippen MR) is 111 cm³/mol. The van der Waals surface area contributed by atoms with Gasteiger partial charge in [0.2, 0.25) is 5.91 Å². The normalized spacial score (nSPS) is 10.9. The molecule has 2 heterocycles. The Labute approximate surface area is 168 Å². The molecule has 2 rings (SSSR count). The number of carbonyl (C=O) groups is 1. The molecule has 3 N–H and O–H groups in total. The molecule has 0 aliphatic rings. The molecular formula is C16H24IN5O2S. The van der Waals surface area contributed by atoms with Crippen LogP contribution in [-0.4, -0.2) is 36.5 Å². The number of rotatable bonds is 8. The standard InChI is InChI=1S/C16H23N5O2S.HI/c1-3-17-16(18-7-6-13-11-24-12(2)21-13)20-10-15(22)19-9-14-5-4-8-23-14;/h4-5,8,11H,3,6-7,9-10H2,1-2H3,(H,19,22)(H2,17,18,20);1H. The molecule has 0 aliphatic heterocycles. The maximum absolute atomic E-state index is 11.8. The van der Waals surface area contributed by atoms with E-state index in [9.17, 15) is 4.79 Å². The number of guanidine groups is 1. The molecule has 2 aromatic rings. The molecule has 25 heavy (non-hydrogen) atoms. The molecule has 0 bridgehead atoms. The summed E-state index contributed by atoms with van der Waals surface area (Å²) in [5.74, 6) is 1.19. The topological polar surface area (TPSA) is 91.5 Å². The average molecular weight is 477 g/mol. The van der Waals surface area contributed by atoms with Gasteiger partial charge in [-0.1, -0.05) is 0 Å². The lowest BCUT2D eigenvalue weighted by Crippen LogP contribution is -2.39. The Morgan fingerprint density at radius 2 is 2.20 bits per heavy atom. The van der Waals surface area contributed by atoms with E-state index in [1.54, 1.807) is 23.7 Å². The summed E-state index contributed by atoms with van der Waals surface area (Å²) in [6, 6.07) is 3.60. The fourth-order valence-electron chi connectivity index (χ4n) is 1.98. The van der Waals surface area contributed by atoms with Gasteiger partial charge in [-0.25, -0.2) is 9.98 Å². The van der Waals surface area contributed by atoms with Gasteiger partial charge in [0, 0.05) is 24.9 Å². The largest absolute Gasteiger partial charge is 0.467 e. The van der Waals surface area contributed by atoms with Gasteiger partial charge in [0.15, 0.2) is 5.96 Å². The molecule has 1 amide bonds. The number of halogens is 1. The highest BCUT2D eigenvalue weighted by Gasteiger charge is 2.04. The maximum Gasteiger partial charge on any atom is 0.242 e. The summed E-state index contributed by atoms with van der Waals surface area (Å²) >= 11 is 1.65. The summed E-state index contributed by atoms with van der Waals surface area (Å²) in [5, 5.41) is 12.2. The summed E-state index contributed by atoms with van der Waals surface area (Å²) < 4.78 is 5.16. The van der Waals surface area contributed by atoms with Gasteiger partial charge in [-0.05, 0) is 26.0 Å². The van der Waals surface area contributed by atoms with Gasteiger partial charge in [0.25, 0.3) is 0 Å². The Balaban J connectivity index is 0.00000312. The molecule has 0 aromatic carbocycles. The minimum atomic E-state index is -0.154. The van der Waals surface area contributed by atoms with Gasteiger partial charge in [-0.3, -0.25) is 4.79 Å². The zero-order chi connectivity index (χ0) is 17.2. The number of thiazole rings is 1. The van der Waals surface area contributed by atoms with E-state index in [-0.39, 0.29) is 36.4 Å². The van der Waals surface area contributed by atoms with E-state index in [0.717, 1.165) is 29.4 Å². The van der Waals surface area contributed by atoms with Crippen molar-refractivity contribution in [1.29, 1.82) is 0 Å². The molecule has 138 valence electrons. The van der Waals surface area contributed by atoms with Crippen molar-refractivity contribution < 1.29 is 9.21 Å². The maximum atomic E-state index is 11.8. The number of furan rings is 1. The Morgan fingerprint density at radius 1 is 1.36 bits per heavy atom. The van der Waals surface area contributed by atoms with Gasteiger partial charge in [0.1, 0.15) is 12.3 Å². The van der Waals surface area contributed by atoms with Crippen LogP contribution in [0.15, 0.2) is 33.2 Å². The van der Waals surface area contributed by atoms with Crippen LogP contribution < -0.4 is 16.0 Å². The van der Waals surface area contributed by atoms with Crippen molar-refractivity contribution in [3.63, 3.8) is 0 Å². The second-order valence-corrected chi connectivity index (χ2v) is 6.15. The monoisotopic (exact) mass is 477 g/mol. The van der Waals surface area contributed by atoms with Crippen LogP contribution in [0.25, 0.3) is 0 Å². The lowest BCUT2D eigenvalue weighted by Gasteiger charge is -2.10. The van der Waals surface area contributed by atoms with Crippen molar-refractivity contribution in [3.05, 3.63) is 40.2 Å². The van der Waals surface area contributed by atoms with Crippen molar-refractivity contribution in [1.82, 2.24) is 20.9 Å². The van der Waals surface area contributed by atoms with Crippen LogP contribution in [0.1, 0.15) is 23.4 Å². The quantitative estimate of drug-likeness (QED) is 0.308. The van der Waals surface area contributed by atoms with Gasteiger partial charge < -0.3 is 20.4 Å². The first-order valence-corrected chi connectivity index (χ1v) is 8.77. The van der Waals surface area contributed by atoms with Crippen LogP contribution in [0, 0.1) is 6.92 Å². The summed E-state index contributed by atoms with van der Waals surface area (Å²) in [5.41, 5.74) is 1.07. The van der Waals surface area contributed by atoms with Crippen LogP contribution >= 0.6 is 35.3 Å². The number of carbonyl (C=O) groups excluding carboxylic acids is 1. The predicted octanol–water partition coefficient (Wildman–Crippen LogP) is 2.08. The third-order valence-electron chi connectivity index (χ3n) is 3.11. The Bertz CT molecular complexity index is 657. The molecular weight excluding hydrogens is 453 g/mol. The van der Waals surface area contributed by atoms with E-state index in [4.69, 9.17) is 4.42 Å². The SMILES string of the molecule is CCNC(=NCC(=O)NCc1ccco1)NCCc1csc(C)n1.I. The van der Waals surface area contributed by atoms with Crippen LogP contribution in [0.5, 0.6) is 0 Å². The summed E-state index contributed by atoms with van der Waals surface area (Å²) in [7, 11) is 0. The van der Waals surface area contributed by atoms with Crippen molar-refractivity contribution in [2.24, 2.45) is 4.99 Å². The molecule has 0 atom stereocenters. The molecule has 0 saturated carbocycles. The first kappa shape index (κ1) is 21.4. The molecule has 0 fully saturated rings. The number of hydrogen-bond acceptors (Lipinski definition) is 5. The summed E-state index contributed by atoms with van der Waals surface area (Å²) in [6.45, 7) is 5.85. The zero-order valence-corrected chi connectivity index (χ0v) is 17.5. The van der Waals surface area contributed by atoms with E-state index >= 15 is 0 Å². The van der Waals surface area contributed by atoms with E-state index in [2.05, 4.69) is 31.3 Å². The summed E-state index contributed by atoms with van der Waals surface area (Å²) in [6.07, 6.45) is 2.40. The molecule has 0 radical (unpaired) electrons. The first-order chi connectivity index (χ1) is 11.7.